The predicted molar refractivity (Wildman–Crippen MR) is 66.1 cm³/mol. The number of hydrogen-bond acceptors (Lipinski definition) is 2. The van der Waals surface area contributed by atoms with Gasteiger partial charge in [0.2, 0.25) is 0 Å². The smallest absolute Gasteiger partial charge is 0.326 e. The van der Waals surface area contributed by atoms with Crippen molar-refractivity contribution in [3.05, 3.63) is 35.6 Å². The molecule has 0 heterocycles. The Labute approximate surface area is 110 Å². The van der Waals surface area contributed by atoms with Crippen molar-refractivity contribution in [3.63, 3.8) is 0 Å². The summed E-state index contributed by atoms with van der Waals surface area (Å²) in [7, 11) is 0. The third kappa shape index (κ3) is 4.80. The first-order valence-corrected chi connectivity index (χ1v) is 6.06. The summed E-state index contributed by atoms with van der Waals surface area (Å²) in [6.07, 6.45) is -4.29. The molecule has 1 aromatic carbocycles. The Balaban J connectivity index is 3.01. The van der Waals surface area contributed by atoms with E-state index in [0.717, 1.165) is 0 Å². The van der Waals surface area contributed by atoms with Gasteiger partial charge in [0.1, 0.15) is 5.82 Å². The molecular weight excluding hydrogens is 260 g/mol. The highest BCUT2D eigenvalue weighted by atomic mass is 19.4. The monoisotopic (exact) mass is 278 g/mol. The Morgan fingerprint density at radius 1 is 1.21 bits per heavy atom. The first-order valence-electron chi connectivity index (χ1n) is 6.06. The number of alkyl halides is 3. The van der Waals surface area contributed by atoms with Crippen molar-refractivity contribution < 1.29 is 17.6 Å². The predicted octanol–water partition coefficient (Wildman–Crippen LogP) is 3.10. The van der Waals surface area contributed by atoms with Crippen LogP contribution >= 0.6 is 0 Å². The van der Waals surface area contributed by atoms with E-state index in [1.165, 1.54) is 29.2 Å². The zero-order valence-electron chi connectivity index (χ0n) is 10.9. The fourth-order valence-electron chi connectivity index (χ4n) is 2.14. The van der Waals surface area contributed by atoms with Crippen LogP contribution in [0, 0.1) is 5.82 Å². The molecule has 2 unspecified atom stereocenters. The first-order chi connectivity index (χ1) is 8.74. The maximum absolute atomic E-state index is 12.9. The van der Waals surface area contributed by atoms with Crippen molar-refractivity contribution >= 4 is 0 Å². The minimum absolute atomic E-state index is 0.211. The highest BCUT2D eigenvalue weighted by molar-refractivity contribution is 5.21. The fraction of sp³-hybridized carbons (Fsp3) is 0.538. The third-order valence-electron chi connectivity index (χ3n) is 2.89. The van der Waals surface area contributed by atoms with Gasteiger partial charge < -0.3 is 5.73 Å². The minimum Gasteiger partial charge on any atom is -0.326 e. The maximum Gasteiger partial charge on any atom is 0.401 e. The highest BCUT2D eigenvalue weighted by Gasteiger charge is 2.34. The molecule has 0 saturated heterocycles. The van der Waals surface area contributed by atoms with Crippen LogP contribution in [0.4, 0.5) is 17.6 Å². The molecule has 0 aliphatic rings. The first kappa shape index (κ1) is 15.9. The van der Waals surface area contributed by atoms with Gasteiger partial charge in [0.15, 0.2) is 0 Å². The van der Waals surface area contributed by atoms with Gasteiger partial charge in [0.25, 0.3) is 0 Å². The Morgan fingerprint density at radius 2 is 1.74 bits per heavy atom. The molecule has 6 heteroatoms. The van der Waals surface area contributed by atoms with E-state index in [-0.39, 0.29) is 6.54 Å². The van der Waals surface area contributed by atoms with E-state index in [1.54, 1.807) is 13.8 Å². The van der Waals surface area contributed by atoms with Gasteiger partial charge in [-0.05, 0) is 31.2 Å². The summed E-state index contributed by atoms with van der Waals surface area (Å²) in [4.78, 5) is 1.25. The number of hydrogen-bond donors (Lipinski definition) is 1. The van der Waals surface area contributed by atoms with Gasteiger partial charge in [0.05, 0.1) is 6.54 Å². The Hall–Kier alpha value is -1.14. The summed E-state index contributed by atoms with van der Waals surface area (Å²) in [5, 5.41) is 0. The SMILES string of the molecule is CCN(CC(F)(F)F)C(c1ccc(F)cc1)C(C)N. The van der Waals surface area contributed by atoms with E-state index in [2.05, 4.69) is 0 Å². The molecule has 0 fully saturated rings. The summed E-state index contributed by atoms with van der Waals surface area (Å²) in [6, 6.07) is 4.32. The van der Waals surface area contributed by atoms with E-state index >= 15 is 0 Å². The van der Waals surface area contributed by atoms with E-state index in [1.807, 2.05) is 0 Å². The van der Waals surface area contributed by atoms with Crippen LogP contribution in [-0.2, 0) is 0 Å². The Kier molecular flexibility index (Phi) is 5.31. The number of rotatable bonds is 5. The summed E-state index contributed by atoms with van der Waals surface area (Å²) < 4.78 is 50.5. The molecule has 0 radical (unpaired) electrons. The maximum atomic E-state index is 12.9. The molecule has 1 aromatic rings. The minimum atomic E-state index is -4.29. The lowest BCUT2D eigenvalue weighted by Crippen LogP contribution is -2.43. The molecule has 2 N–H and O–H groups in total. The zero-order valence-corrected chi connectivity index (χ0v) is 10.9. The van der Waals surface area contributed by atoms with Gasteiger partial charge >= 0.3 is 6.18 Å². The van der Waals surface area contributed by atoms with Gasteiger partial charge in [-0.2, -0.15) is 13.2 Å². The second-order valence-electron chi connectivity index (χ2n) is 4.53. The lowest BCUT2D eigenvalue weighted by Gasteiger charge is -2.34. The second-order valence-corrected chi connectivity index (χ2v) is 4.53. The third-order valence-corrected chi connectivity index (χ3v) is 2.89. The van der Waals surface area contributed by atoms with Crippen molar-refractivity contribution in [3.8, 4) is 0 Å². The van der Waals surface area contributed by atoms with Crippen LogP contribution in [0.1, 0.15) is 25.5 Å². The van der Waals surface area contributed by atoms with E-state index < -0.39 is 30.6 Å². The van der Waals surface area contributed by atoms with E-state index in [9.17, 15) is 17.6 Å². The van der Waals surface area contributed by atoms with Crippen molar-refractivity contribution in [2.45, 2.75) is 32.1 Å². The van der Waals surface area contributed by atoms with Gasteiger partial charge in [-0.15, -0.1) is 0 Å². The standard InChI is InChI=1S/C13H18F4N2/c1-3-19(8-13(15,16)17)12(9(2)18)10-4-6-11(14)7-5-10/h4-7,9,12H,3,8,18H2,1-2H3. The summed E-state index contributed by atoms with van der Waals surface area (Å²) in [5.41, 5.74) is 6.38. The normalized spacial score (nSPS) is 15.6. The lowest BCUT2D eigenvalue weighted by atomic mass is 9.99. The van der Waals surface area contributed by atoms with Crippen LogP contribution < -0.4 is 5.73 Å². The van der Waals surface area contributed by atoms with Gasteiger partial charge in [-0.25, -0.2) is 4.39 Å². The molecule has 108 valence electrons. The molecule has 19 heavy (non-hydrogen) atoms. The molecule has 1 rings (SSSR count). The molecule has 0 spiro atoms. The molecule has 2 nitrogen and oxygen atoms in total. The van der Waals surface area contributed by atoms with Crippen LogP contribution in [0.15, 0.2) is 24.3 Å². The quantitative estimate of drug-likeness (QED) is 0.839. The molecule has 0 aliphatic heterocycles. The van der Waals surface area contributed by atoms with Crippen molar-refractivity contribution in [1.29, 1.82) is 0 Å². The zero-order chi connectivity index (χ0) is 14.6. The van der Waals surface area contributed by atoms with Crippen molar-refractivity contribution in [2.24, 2.45) is 5.73 Å². The lowest BCUT2D eigenvalue weighted by molar-refractivity contribution is -0.151. The largest absolute Gasteiger partial charge is 0.401 e. The molecule has 0 saturated carbocycles. The average Bonchev–Trinajstić information content (AvgIpc) is 2.28. The fourth-order valence-corrected chi connectivity index (χ4v) is 2.14. The second kappa shape index (κ2) is 6.34. The number of nitrogens with two attached hydrogens (primary N) is 1. The Bertz CT molecular complexity index is 387. The summed E-state index contributed by atoms with van der Waals surface area (Å²) >= 11 is 0. The summed E-state index contributed by atoms with van der Waals surface area (Å²) in [6.45, 7) is 2.47. The molecule has 0 aliphatic carbocycles. The number of nitrogens with zero attached hydrogens (tertiary/aromatic N) is 1. The van der Waals surface area contributed by atoms with Crippen LogP contribution in [0.25, 0.3) is 0 Å². The van der Waals surface area contributed by atoms with Crippen LogP contribution in [0.3, 0.4) is 0 Å². The van der Waals surface area contributed by atoms with E-state index in [0.29, 0.717) is 5.56 Å². The number of likely N-dealkylation sites (N-methyl/N-ethyl adjacent to an activating group) is 1. The van der Waals surface area contributed by atoms with Gasteiger partial charge in [-0.1, -0.05) is 19.1 Å². The van der Waals surface area contributed by atoms with Gasteiger partial charge in [0, 0.05) is 12.1 Å². The van der Waals surface area contributed by atoms with Gasteiger partial charge in [-0.3, -0.25) is 4.90 Å². The molecule has 0 bridgehead atoms. The van der Waals surface area contributed by atoms with E-state index in [4.69, 9.17) is 5.73 Å². The number of benzene rings is 1. The molecule has 0 aromatic heterocycles. The number of halogens is 4. The van der Waals surface area contributed by atoms with Crippen LogP contribution in [-0.4, -0.2) is 30.2 Å². The Morgan fingerprint density at radius 3 is 2.11 bits per heavy atom. The molecular formula is C13H18F4N2. The van der Waals surface area contributed by atoms with Crippen LogP contribution in [0.2, 0.25) is 0 Å². The van der Waals surface area contributed by atoms with Crippen molar-refractivity contribution in [2.75, 3.05) is 13.1 Å². The van der Waals surface area contributed by atoms with Crippen molar-refractivity contribution in [1.82, 2.24) is 4.90 Å². The summed E-state index contributed by atoms with van der Waals surface area (Å²) in [5.74, 6) is -0.425. The average molecular weight is 278 g/mol. The molecule has 2 atom stereocenters. The highest BCUT2D eigenvalue weighted by Crippen LogP contribution is 2.27. The topological polar surface area (TPSA) is 29.3 Å². The molecule has 0 amide bonds. The van der Waals surface area contributed by atoms with Crippen LogP contribution in [0.5, 0.6) is 0 Å².